The zero-order chi connectivity index (χ0) is 11.6. The predicted octanol–water partition coefficient (Wildman–Crippen LogP) is 2.34. The molecule has 0 aliphatic heterocycles. The van der Waals surface area contributed by atoms with Crippen LogP contribution in [0.25, 0.3) is 0 Å². The number of hydrogen-bond acceptors (Lipinski definition) is 3. The molecular formula is C7H5BrF4N2O. The first-order valence-electron chi connectivity index (χ1n) is 3.64. The zero-order valence-corrected chi connectivity index (χ0v) is 8.69. The second-order valence-corrected chi connectivity index (χ2v) is 3.22. The van der Waals surface area contributed by atoms with Crippen molar-refractivity contribution in [3.63, 3.8) is 0 Å². The number of rotatable bonds is 2. The van der Waals surface area contributed by atoms with E-state index in [0.29, 0.717) is 0 Å². The van der Waals surface area contributed by atoms with Gasteiger partial charge in [0, 0.05) is 12.6 Å². The maximum atomic E-state index is 13.1. The molecule has 2 N–H and O–H groups in total. The Morgan fingerprint density at radius 3 is 2.53 bits per heavy atom. The molecule has 1 rings (SSSR count). The van der Waals surface area contributed by atoms with Crippen LogP contribution in [0.1, 0.15) is 5.69 Å². The lowest BCUT2D eigenvalue weighted by Gasteiger charge is -2.11. The minimum Gasteiger partial charge on any atom is -0.402 e. The zero-order valence-electron chi connectivity index (χ0n) is 7.11. The standard InChI is InChI=1S/C7H5BrF4N2O/c8-6-5(9)4(15-7(10,11)12)1-3(2-13)14-6/h1H,2,13H2. The van der Waals surface area contributed by atoms with E-state index < -0.39 is 17.9 Å². The van der Waals surface area contributed by atoms with Crippen molar-refractivity contribution in [2.75, 3.05) is 0 Å². The van der Waals surface area contributed by atoms with Gasteiger partial charge in [0.2, 0.25) is 0 Å². The van der Waals surface area contributed by atoms with Crippen molar-refractivity contribution in [1.82, 2.24) is 4.98 Å². The smallest absolute Gasteiger partial charge is 0.402 e. The summed E-state index contributed by atoms with van der Waals surface area (Å²) >= 11 is 2.66. The highest BCUT2D eigenvalue weighted by Gasteiger charge is 2.33. The van der Waals surface area contributed by atoms with Crippen LogP contribution in [0.3, 0.4) is 0 Å². The summed E-state index contributed by atoms with van der Waals surface area (Å²) < 4.78 is 51.7. The van der Waals surface area contributed by atoms with E-state index >= 15 is 0 Å². The Labute approximate surface area is 90.4 Å². The van der Waals surface area contributed by atoms with Crippen LogP contribution in [0.15, 0.2) is 10.7 Å². The van der Waals surface area contributed by atoms with Gasteiger partial charge in [-0.2, -0.15) is 4.39 Å². The van der Waals surface area contributed by atoms with Crippen LogP contribution >= 0.6 is 15.9 Å². The number of ether oxygens (including phenoxy) is 1. The maximum absolute atomic E-state index is 13.1. The van der Waals surface area contributed by atoms with Crippen LogP contribution in [0.4, 0.5) is 17.6 Å². The average Bonchev–Trinajstić information content (AvgIpc) is 2.10. The summed E-state index contributed by atoms with van der Waals surface area (Å²) in [5.41, 5.74) is 5.24. The minimum atomic E-state index is -4.95. The summed E-state index contributed by atoms with van der Waals surface area (Å²) in [7, 11) is 0. The van der Waals surface area contributed by atoms with Crippen LogP contribution in [0, 0.1) is 5.82 Å². The second kappa shape index (κ2) is 4.31. The van der Waals surface area contributed by atoms with Gasteiger partial charge in [0.05, 0.1) is 5.69 Å². The van der Waals surface area contributed by atoms with Gasteiger partial charge in [-0.3, -0.25) is 0 Å². The average molecular weight is 289 g/mol. The summed E-state index contributed by atoms with van der Waals surface area (Å²) in [6, 6.07) is 0.799. The molecule has 0 aliphatic carbocycles. The van der Waals surface area contributed by atoms with Crippen molar-refractivity contribution in [1.29, 1.82) is 0 Å². The largest absolute Gasteiger partial charge is 0.573 e. The fourth-order valence-corrected chi connectivity index (χ4v) is 1.25. The van der Waals surface area contributed by atoms with Gasteiger partial charge in [-0.15, -0.1) is 13.2 Å². The Balaban J connectivity index is 3.11. The lowest BCUT2D eigenvalue weighted by atomic mass is 10.3. The third-order valence-corrected chi connectivity index (χ3v) is 1.90. The monoisotopic (exact) mass is 288 g/mol. The second-order valence-electron chi connectivity index (χ2n) is 2.47. The molecule has 15 heavy (non-hydrogen) atoms. The SMILES string of the molecule is NCc1cc(OC(F)(F)F)c(F)c(Br)n1. The Kier molecular flexibility index (Phi) is 3.50. The van der Waals surface area contributed by atoms with Crippen LogP contribution in [-0.2, 0) is 6.54 Å². The Morgan fingerprint density at radius 1 is 1.47 bits per heavy atom. The molecule has 0 fully saturated rings. The molecule has 0 aromatic carbocycles. The van der Waals surface area contributed by atoms with Gasteiger partial charge in [0.1, 0.15) is 4.60 Å². The highest BCUT2D eigenvalue weighted by atomic mass is 79.9. The Morgan fingerprint density at radius 2 is 2.07 bits per heavy atom. The van der Waals surface area contributed by atoms with Crippen LogP contribution in [0.5, 0.6) is 5.75 Å². The van der Waals surface area contributed by atoms with Crippen LogP contribution < -0.4 is 10.5 Å². The molecule has 1 aromatic rings. The number of nitrogens with two attached hydrogens (primary N) is 1. The number of pyridine rings is 1. The van der Waals surface area contributed by atoms with Crippen molar-refractivity contribution in [3.8, 4) is 5.75 Å². The molecule has 0 atom stereocenters. The minimum absolute atomic E-state index is 0.0857. The lowest BCUT2D eigenvalue weighted by Crippen LogP contribution is -2.18. The third kappa shape index (κ3) is 3.31. The summed E-state index contributed by atoms with van der Waals surface area (Å²) in [4.78, 5) is 3.55. The number of nitrogens with zero attached hydrogens (tertiary/aromatic N) is 1. The van der Waals surface area contributed by atoms with Crippen LogP contribution in [0.2, 0.25) is 0 Å². The first kappa shape index (κ1) is 12.2. The van der Waals surface area contributed by atoms with E-state index in [1.165, 1.54) is 0 Å². The predicted molar refractivity (Wildman–Crippen MR) is 46.5 cm³/mol. The summed E-state index contributed by atoms with van der Waals surface area (Å²) in [5.74, 6) is -2.17. The van der Waals surface area contributed by atoms with E-state index in [1.807, 2.05) is 0 Å². The molecule has 0 amide bonds. The van der Waals surface area contributed by atoms with Gasteiger partial charge in [0.15, 0.2) is 11.6 Å². The number of alkyl halides is 3. The summed E-state index contributed by atoms with van der Waals surface area (Å²) in [5, 5.41) is 0. The first-order valence-corrected chi connectivity index (χ1v) is 4.43. The molecule has 0 aliphatic rings. The van der Waals surface area contributed by atoms with Gasteiger partial charge in [0.25, 0.3) is 0 Å². The number of aromatic nitrogens is 1. The molecule has 0 saturated heterocycles. The van der Waals surface area contributed by atoms with E-state index in [0.717, 1.165) is 6.07 Å². The first-order chi connectivity index (χ1) is 6.83. The van der Waals surface area contributed by atoms with Crippen molar-refractivity contribution in [3.05, 3.63) is 22.2 Å². The fourth-order valence-electron chi connectivity index (χ4n) is 0.827. The highest BCUT2D eigenvalue weighted by molar-refractivity contribution is 9.10. The van der Waals surface area contributed by atoms with Crippen molar-refractivity contribution >= 4 is 15.9 Å². The van der Waals surface area contributed by atoms with Gasteiger partial charge in [-0.05, 0) is 15.9 Å². The van der Waals surface area contributed by atoms with Crippen molar-refractivity contribution in [2.45, 2.75) is 12.9 Å². The number of hydrogen-bond donors (Lipinski definition) is 1. The van der Waals surface area contributed by atoms with Gasteiger partial charge >= 0.3 is 6.36 Å². The normalized spacial score (nSPS) is 11.6. The van der Waals surface area contributed by atoms with Gasteiger partial charge < -0.3 is 10.5 Å². The highest BCUT2D eigenvalue weighted by Crippen LogP contribution is 2.29. The van der Waals surface area contributed by atoms with Crippen LogP contribution in [-0.4, -0.2) is 11.3 Å². The topological polar surface area (TPSA) is 48.1 Å². The fraction of sp³-hybridized carbons (Fsp3) is 0.286. The molecule has 8 heteroatoms. The van der Waals surface area contributed by atoms with E-state index in [4.69, 9.17) is 5.73 Å². The third-order valence-electron chi connectivity index (χ3n) is 1.37. The molecule has 3 nitrogen and oxygen atoms in total. The molecule has 1 heterocycles. The number of halogens is 5. The maximum Gasteiger partial charge on any atom is 0.573 e. The van der Waals surface area contributed by atoms with E-state index in [2.05, 4.69) is 25.7 Å². The molecule has 0 spiro atoms. The van der Waals surface area contributed by atoms with Crippen molar-refractivity contribution < 1.29 is 22.3 Å². The lowest BCUT2D eigenvalue weighted by molar-refractivity contribution is -0.275. The molecular weight excluding hydrogens is 284 g/mol. The summed E-state index contributed by atoms with van der Waals surface area (Å²) in [6.45, 7) is -0.118. The molecule has 0 unspecified atom stereocenters. The molecule has 0 radical (unpaired) electrons. The van der Waals surface area contributed by atoms with Crippen molar-refractivity contribution in [2.24, 2.45) is 5.73 Å². The Bertz CT molecular complexity index is 369. The molecule has 1 aromatic heterocycles. The molecule has 0 saturated carbocycles. The summed E-state index contributed by atoms with van der Waals surface area (Å²) in [6.07, 6.45) is -4.95. The van der Waals surface area contributed by atoms with E-state index in [-0.39, 0.29) is 16.8 Å². The van der Waals surface area contributed by atoms with E-state index in [9.17, 15) is 17.6 Å². The molecule has 0 bridgehead atoms. The molecule has 84 valence electrons. The van der Waals surface area contributed by atoms with E-state index in [1.54, 1.807) is 0 Å². The quantitative estimate of drug-likeness (QED) is 0.671. The van der Waals surface area contributed by atoms with Gasteiger partial charge in [-0.1, -0.05) is 0 Å². The van der Waals surface area contributed by atoms with Gasteiger partial charge in [-0.25, -0.2) is 4.98 Å². The Hall–Kier alpha value is -0.890.